The minimum atomic E-state index is -0.992. The van der Waals surface area contributed by atoms with Gasteiger partial charge < -0.3 is 15.5 Å². The van der Waals surface area contributed by atoms with Crippen molar-refractivity contribution in [3.63, 3.8) is 0 Å². The fourth-order valence-corrected chi connectivity index (χ4v) is 2.96. The molecule has 176 valence electrons. The Morgan fingerprint density at radius 1 is 1.00 bits per heavy atom. The van der Waals surface area contributed by atoms with Gasteiger partial charge in [-0.25, -0.2) is 4.98 Å². The Hall–Kier alpha value is -3.32. The number of carbonyl (C=O) groups is 2. The van der Waals surface area contributed by atoms with Crippen LogP contribution in [0.5, 0.6) is 5.75 Å². The third-order valence-corrected chi connectivity index (χ3v) is 4.79. The van der Waals surface area contributed by atoms with Crippen LogP contribution in [0, 0.1) is 12.8 Å². The summed E-state index contributed by atoms with van der Waals surface area (Å²) in [7, 11) is 0. The molecule has 33 heavy (non-hydrogen) atoms. The standard InChI is InChI=1S/C18H18O4.C8H12N2.H2S/c1-12-2-6-14(7-3-12)17(20)11-15(18(21)22)10-13-4-8-16(19)9-5-13;1-2-6-9-8-5-3-4-7-10-8;/h2-9,15,19H,10-11H2,1H3,(H,21,22);3-5,7H,2,6H2,1H3,(H,9,10);1H2/t15-;;/m1../s1. The Kier molecular flexibility index (Phi) is 12.3. The number of pyridine rings is 1. The molecular formula is C26H32N2O4S. The van der Waals surface area contributed by atoms with Gasteiger partial charge in [0.25, 0.3) is 0 Å². The van der Waals surface area contributed by atoms with E-state index >= 15 is 0 Å². The van der Waals surface area contributed by atoms with Crippen molar-refractivity contribution in [2.45, 2.75) is 33.1 Å². The van der Waals surface area contributed by atoms with E-state index in [1.165, 1.54) is 12.1 Å². The molecule has 0 saturated carbocycles. The molecule has 0 radical (unpaired) electrons. The molecule has 0 spiro atoms. The quantitative estimate of drug-likeness (QED) is 0.372. The van der Waals surface area contributed by atoms with Crippen LogP contribution in [0.25, 0.3) is 0 Å². The minimum Gasteiger partial charge on any atom is -0.508 e. The van der Waals surface area contributed by atoms with Crippen LogP contribution in [0.3, 0.4) is 0 Å². The molecule has 0 saturated heterocycles. The summed E-state index contributed by atoms with van der Waals surface area (Å²) >= 11 is 0. The van der Waals surface area contributed by atoms with Crippen LogP contribution in [-0.4, -0.2) is 33.5 Å². The lowest BCUT2D eigenvalue weighted by Gasteiger charge is -2.12. The highest BCUT2D eigenvalue weighted by Gasteiger charge is 2.22. The zero-order valence-corrected chi connectivity index (χ0v) is 20.0. The van der Waals surface area contributed by atoms with Gasteiger partial charge in [0, 0.05) is 24.7 Å². The molecule has 1 aromatic heterocycles. The van der Waals surface area contributed by atoms with Crippen LogP contribution in [-0.2, 0) is 11.2 Å². The first kappa shape index (κ1) is 27.7. The number of benzene rings is 2. The number of carboxylic acids is 1. The van der Waals surface area contributed by atoms with E-state index < -0.39 is 11.9 Å². The number of aliphatic carboxylic acids is 1. The van der Waals surface area contributed by atoms with E-state index in [1.807, 2.05) is 37.3 Å². The zero-order chi connectivity index (χ0) is 23.3. The Morgan fingerprint density at radius 2 is 1.67 bits per heavy atom. The third kappa shape index (κ3) is 10.2. The predicted molar refractivity (Wildman–Crippen MR) is 136 cm³/mol. The number of hydrogen-bond acceptors (Lipinski definition) is 5. The second-order valence-corrected chi connectivity index (χ2v) is 7.54. The van der Waals surface area contributed by atoms with Crippen molar-refractivity contribution in [2.75, 3.05) is 11.9 Å². The Labute approximate surface area is 202 Å². The molecule has 3 aromatic rings. The topological polar surface area (TPSA) is 99.5 Å². The van der Waals surface area contributed by atoms with Crippen LogP contribution in [0.2, 0.25) is 0 Å². The second-order valence-electron chi connectivity index (χ2n) is 7.54. The molecule has 3 N–H and O–H groups in total. The monoisotopic (exact) mass is 468 g/mol. The van der Waals surface area contributed by atoms with E-state index in [-0.39, 0.29) is 37.9 Å². The Bertz CT molecular complexity index is 977. The number of aromatic hydroxyl groups is 1. The molecule has 0 aliphatic rings. The van der Waals surface area contributed by atoms with E-state index in [0.29, 0.717) is 5.56 Å². The molecule has 1 atom stereocenters. The van der Waals surface area contributed by atoms with Crippen molar-refractivity contribution in [1.29, 1.82) is 0 Å². The summed E-state index contributed by atoms with van der Waals surface area (Å²) in [5, 5.41) is 21.8. The first-order valence-corrected chi connectivity index (χ1v) is 10.6. The van der Waals surface area contributed by atoms with Gasteiger partial charge in [-0.15, -0.1) is 0 Å². The zero-order valence-electron chi connectivity index (χ0n) is 19.0. The van der Waals surface area contributed by atoms with Gasteiger partial charge in [0.15, 0.2) is 5.78 Å². The van der Waals surface area contributed by atoms with Gasteiger partial charge in [-0.05, 0) is 49.6 Å². The SMILES string of the molecule is CCCNc1ccccn1.Cc1ccc(C(=O)C[C@@H](Cc2ccc(O)cc2)C(=O)O)cc1.S. The summed E-state index contributed by atoms with van der Waals surface area (Å²) in [5.41, 5.74) is 2.36. The number of phenols is 1. The number of anilines is 1. The predicted octanol–water partition coefficient (Wildman–Crippen LogP) is 5.23. The third-order valence-electron chi connectivity index (χ3n) is 4.79. The van der Waals surface area contributed by atoms with Gasteiger partial charge in [0.1, 0.15) is 11.6 Å². The van der Waals surface area contributed by atoms with Gasteiger partial charge in [-0.1, -0.05) is 55.0 Å². The summed E-state index contributed by atoms with van der Waals surface area (Å²) in [6.45, 7) is 5.06. The number of nitrogens with zero attached hydrogens (tertiary/aromatic N) is 1. The van der Waals surface area contributed by atoms with Gasteiger partial charge >= 0.3 is 5.97 Å². The fourth-order valence-electron chi connectivity index (χ4n) is 2.96. The molecular weight excluding hydrogens is 436 g/mol. The highest BCUT2D eigenvalue weighted by Crippen LogP contribution is 2.18. The average molecular weight is 469 g/mol. The van der Waals surface area contributed by atoms with E-state index in [2.05, 4.69) is 17.2 Å². The summed E-state index contributed by atoms with van der Waals surface area (Å²) < 4.78 is 0. The molecule has 6 nitrogen and oxygen atoms in total. The normalized spacial score (nSPS) is 10.7. The van der Waals surface area contributed by atoms with Crippen LogP contribution in [0.15, 0.2) is 72.9 Å². The lowest BCUT2D eigenvalue weighted by atomic mass is 9.92. The minimum absolute atomic E-state index is 0. The number of Topliss-reactive ketones (excluding diaryl/α,β-unsaturated/α-hetero) is 1. The number of rotatable bonds is 9. The van der Waals surface area contributed by atoms with Crippen molar-refractivity contribution < 1.29 is 19.8 Å². The van der Waals surface area contributed by atoms with Crippen LogP contribution in [0.1, 0.15) is 41.3 Å². The van der Waals surface area contributed by atoms with E-state index in [4.69, 9.17) is 0 Å². The van der Waals surface area contributed by atoms with Crippen molar-refractivity contribution >= 4 is 31.1 Å². The van der Waals surface area contributed by atoms with E-state index in [9.17, 15) is 19.8 Å². The fraction of sp³-hybridized carbons (Fsp3) is 0.269. The number of ketones is 1. The lowest BCUT2D eigenvalue weighted by Crippen LogP contribution is -2.20. The molecule has 0 aliphatic carbocycles. The van der Waals surface area contributed by atoms with Gasteiger partial charge in [0.2, 0.25) is 0 Å². The molecule has 0 bridgehead atoms. The van der Waals surface area contributed by atoms with Crippen LogP contribution < -0.4 is 5.32 Å². The molecule has 1 heterocycles. The molecule has 0 aliphatic heterocycles. The number of nitrogens with one attached hydrogen (secondary N) is 1. The number of phenolic OH excluding ortho intramolecular Hbond substituents is 1. The van der Waals surface area contributed by atoms with Gasteiger partial charge in [0.05, 0.1) is 5.92 Å². The largest absolute Gasteiger partial charge is 0.508 e. The molecule has 2 aromatic carbocycles. The molecule has 0 fully saturated rings. The average Bonchev–Trinajstić information content (AvgIpc) is 2.80. The number of hydrogen-bond donors (Lipinski definition) is 3. The van der Waals surface area contributed by atoms with Gasteiger partial charge in [-0.2, -0.15) is 13.5 Å². The highest BCUT2D eigenvalue weighted by atomic mass is 32.1. The smallest absolute Gasteiger partial charge is 0.307 e. The highest BCUT2D eigenvalue weighted by molar-refractivity contribution is 7.59. The van der Waals surface area contributed by atoms with Crippen molar-refractivity contribution in [3.05, 3.63) is 89.6 Å². The molecule has 3 rings (SSSR count). The van der Waals surface area contributed by atoms with Crippen molar-refractivity contribution in [2.24, 2.45) is 5.92 Å². The first-order chi connectivity index (χ1) is 15.4. The maximum Gasteiger partial charge on any atom is 0.307 e. The second kappa shape index (κ2) is 14.7. The first-order valence-electron chi connectivity index (χ1n) is 10.6. The van der Waals surface area contributed by atoms with Crippen LogP contribution in [0.4, 0.5) is 5.82 Å². The maximum absolute atomic E-state index is 12.2. The Morgan fingerprint density at radius 3 is 2.21 bits per heavy atom. The molecule has 0 amide bonds. The molecule has 0 unspecified atom stereocenters. The van der Waals surface area contributed by atoms with Crippen molar-refractivity contribution in [1.82, 2.24) is 4.98 Å². The van der Waals surface area contributed by atoms with Crippen molar-refractivity contribution in [3.8, 4) is 5.75 Å². The summed E-state index contributed by atoms with van der Waals surface area (Å²) in [4.78, 5) is 27.7. The summed E-state index contributed by atoms with van der Waals surface area (Å²) in [6.07, 6.45) is 3.14. The summed E-state index contributed by atoms with van der Waals surface area (Å²) in [5.74, 6) is -0.853. The number of aryl methyl sites for hydroxylation is 1. The van der Waals surface area contributed by atoms with E-state index in [0.717, 1.165) is 29.9 Å². The number of aromatic nitrogens is 1. The number of carbonyl (C=O) groups excluding carboxylic acids is 1. The Balaban J connectivity index is 0.000000417. The van der Waals surface area contributed by atoms with Gasteiger partial charge in [-0.3, -0.25) is 9.59 Å². The summed E-state index contributed by atoms with van der Waals surface area (Å²) in [6, 6.07) is 19.3. The lowest BCUT2D eigenvalue weighted by molar-refractivity contribution is -0.141. The van der Waals surface area contributed by atoms with Crippen LogP contribution >= 0.6 is 13.5 Å². The molecule has 7 heteroatoms. The maximum atomic E-state index is 12.2. The van der Waals surface area contributed by atoms with E-state index in [1.54, 1.807) is 30.5 Å². The number of carboxylic acid groups (broad SMARTS) is 1.